The molecule has 8 nitrogen and oxygen atoms in total. The van der Waals surface area contributed by atoms with Crippen molar-refractivity contribution < 1.29 is 18.9 Å². The number of aromatic nitrogens is 1. The van der Waals surface area contributed by atoms with Gasteiger partial charge in [0.15, 0.2) is 5.96 Å². The number of hydrogen-bond donors (Lipinski definition) is 2. The minimum absolute atomic E-state index is 0. The van der Waals surface area contributed by atoms with Gasteiger partial charge in [0.1, 0.15) is 19.0 Å². The number of guanidine groups is 1. The lowest BCUT2D eigenvalue weighted by Gasteiger charge is -2.15. The molecule has 0 unspecified atom stereocenters. The molecule has 1 heterocycles. The number of pyridine rings is 1. The van der Waals surface area contributed by atoms with E-state index in [1.165, 1.54) is 0 Å². The fraction of sp³-hybridized carbons (Fsp3) is 0.478. The minimum Gasteiger partial charge on any atom is -0.491 e. The Bertz CT molecular complexity index is 820. The van der Waals surface area contributed by atoms with Gasteiger partial charge >= 0.3 is 0 Å². The van der Waals surface area contributed by atoms with Gasteiger partial charge in [-0.05, 0) is 31.5 Å². The first-order chi connectivity index (χ1) is 15.2. The molecule has 0 fully saturated rings. The van der Waals surface area contributed by atoms with Gasteiger partial charge in [-0.2, -0.15) is 0 Å². The summed E-state index contributed by atoms with van der Waals surface area (Å²) >= 11 is 0. The quantitative estimate of drug-likeness (QED) is 0.169. The lowest BCUT2D eigenvalue weighted by atomic mass is 10.1. The average molecular weight is 558 g/mol. The maximum atomic E-state index is 5.88. The Hall–Kier alpha value is -2.11. The molecule has 0 spiro atoms. The zero-order chi connectivity index (χ0) is 22.3. The molecule has 0 aliphatic carbocycles. The van der Waals surface area contributed by atoms with Crippen molar-refractivity contribution in [1.82, 2.24) is 15.6 Å². The Morgan fingerprint density at radius 1 is 0.969 bits per heavy atom. The van der Waals surface area contributed by atoms with Crippen molar-refractivity contribution in [1.29, 1.82) is 0 Å². The summed E-state index contributed by atoms with van der Waals surface area (Å²) < 4.78 is 21.7. The minimum atomic E-state index is 0. The highest BCUT2D eigenvalue weighted by molar-refractivity contribution is 14.0. The van der Waals surface area contributed by atoms with Gasteiger partial charge in [-0.1, -0.05) is 18.2 Å². The molecule has 0 saturated heterocycles. The van der Waals surface area contributed by atoms with Crippen molar-refractivity contribution in [2.75, 3.05) is 47.2 Å². The van der Waals surface area contributed by atoms with Gasteiger partial charge in [-0.25, -0.2) is 9.98 Å². The Labute approximate surface area is 208 Å². The first-order valence-electron chi connectivity index (χ1n) is 10.5. The second kappa shape index (κ2) is 16.5. The molecule has 0 saturated carbocycles. The van der Waals surface area contributed by atoms with Crippen LogP contribution in [0.1, 0.15) is 23.6 Å². The number of nitrogens with zero attached hydrogens (tertiary/aromatic N) is 2. The van der Waals surface area contributed by atoms with E-state index in [1.807, 2.05) is 32.0 Å². The predicted octanol–water partition coefficient (Wildman–Crippen LogP) is 3.31. The molecule has 2 aromatic rings. The van der Waals surface area contributed by atoms with Crippen molar-refractivity contribution >= 4 is 29.9 Å². The van der Waals surface area contributed by atoms with E-state index >= 15 is 0 Å². The Balaban J connectivity index is 0.00000512. The number of aryl methyl sites for hydroxylation is 1. The predicted molar refractivity (Wildman–Crippen MR) is 137 cm³/mol. The van der Waals surface area contributed by atoms with Gasteiger partial charge in [-0.15, -0.1) is 24.0 Å². The smallest absolute Gasteiger partial charge is 0.218 e. The number of rotatable bonds is 13. The number of halogens is 1. The second-order valence-electron chi connectivity index (χ2n) is 6.81. The van der Waals surface area contributed by atoms with Crippen LogP contribution in [0.25, 0.3) is 0 Å². The fourth-order valence-electron chi connectivity index (χ4n) is 2.76. The highest BCUT2D eigenvalue weighted by Crippen LogP contribution is 2.20. The first-order valence-corrected chi connectivity index (χ1v) is 10.5. The standard InChI is InChI=1S/C23H34N4O4.HI/c1-5-24-23(27-17-20-7-6-10-25-22(20)31-14-12-29-4)26-16-19-9-8-18(2)15-21(19)30-13-11-28-3;/h6-10,15H,5,11-14,16-17H2,1-4H3,(H2,24,26,27);1H. The number of hydrogen-bond acceptors (Lipinski definition) is 6. The van der Waals surface area contributed by atoms with E-state index in [-0.39, 0.29) is 24.0 Å². The van der Waals surface area contributed by atoms with E-state index in [0.29, 0.717) is 51.4 Å². The van der Waals surface area contributed by atoms with Crippen LogP contribution in [0.2, 0.25) is 0 Å². The van der Waals surface area contributed by atoms with Crippen LogP contribution in [-0.4, -0.2) is 58.1 Å². The molecular weight excluding hydrogens is 523 g/mol. The van der Waals surface area contributed by atoms with Crippen LogP contribution in [-0.2, 0) is 22.6 Å². The van der Waals surface area contributed by atoms with Gasteiger partial charge in [0.2, 0.25) is 5.88 Å². The van der Waals surface area contributed by atoms with Crippen molar-refractivity contribution in [3.05, 3.63) is 53.2 Å². The van der Waals surface area contributed by atoms with Crippen molar-refractivity contribution in [3.8, 4) is 11.6 Å². The summed E-state index contributed by atoms with van der Waals surface area (Å²) in [6, 6.07) is 10.0. The van der Waals surface area contributed by atoms with Gasteiger partial charge in [-0.3, -0.25) is 0 Å². The Morgan fingerprint density at radius 3 is 2.44 bits per heavy atom. The van der Waals surface area contributed by atoms with E-state index in [2.05, 4.69) is 27.8 Å². The number of ether oxygens (including phenoxy) is 4. The van der Waals surface area contributed by atoms with E-state index in [9.17, 15) is 0 Å². The largest absolute Gasteiger partial charge is 0.491 e. The van der Waals surface area contributed by atoms with Crippen LogP contribution >= 0.6 is 24.0 Å². The molecule has 32 heavy (non-hydrogen) atoms. The van der Waals surface area contributed by atoms with Crippen LogP contribution in [0.4, 0.5) is 0 Å². The third-order valence-electron chi connectivity index (χ3n) is 4.34. The summed E-state index contributed by atoms with van der Waals surface area (Å²) in [5, 5.41) is 6.65. The molecule has 0 aliphatic heterocycles. The molecule has 1 aromatic heterocycles. The van der Waals surface area contributed by atoms with Crippen molar-refractivity contribution in [2.24, 2.45) is 4.99 Å². The van der Waals surface area contributed by atoms with Crippen LogP contribution in [0, 0.1) is 6.92 Å². The molecule has 0 bridgehead atoms. The molecular formula is C23H35IN4O4. The van der Waals surface area contributed by atoms with E-state index < -0.39 is 0 Å². The van der Waals surface area contributed by atoms with Gasteiger partial charge in [0.25, 0.3) is 0 Å². The summed E-state index contributed by atoms with van der Waals surface area (Å²) in [5.74, 6) is 2.13. The van der Waals surface area contributed by atoms with Crippen LogP contribution in [0.3, 0.4) is 0 Å². The monoisotopic (exact) mass is 558 g/mol. The molecule has 178 valence electrons. The SMILES string of the molecule is CCNC(=NCc1cccnc1OCCOC)NCc1ccc(C)cc1OCCOC.I. The zero-order valence-electron chi connectivity index (χ0n) is 19.3. The maximum Gasteiger partial charge on any atom is 0.218 e. The number of aliphatic imine (C=N–C) groups is 1. The fourth-order valence-corrected chi connectivity index (χ4v) is 2.76. The summed E-state index contributed by atoms with van der Waals surface area (Å²) in [7, 11) is 3.31. The highest BCUT2D eigenvalue weighted by atomic mass is 127. The molecule has 0 amide bonds. The second-order valence-corrected chi connectivity index (χ2v) is 6.81. The molecule has 0 atom stereocenters. The van der Waals surface area contributed by atoms with Crippen LogP contribution < -0.4 is 20.1 Å². The molecule has 9 heteroatoms. The Kier molecular flexibility index (Phi) is 14.4. The molecule has 0 aliphatic rings. The maximum absolute atomic E-state index is 5.88. The van der Waals surface area contributed by atoms with E-state index in [1.54, 1.807) is 20.4 Å². The number of nitrogens with one attached hydrogen (secondary N) is 2. The zero-order valence-corrected chi connectivity index (χ0v) is 21.7. The van der Waals surface area contributed by atoms with Crippen molar-refractivity contribution in [2.45, 2.75) is 26.9 Å². The summed E-state index contributed by atoms with van der Waals surface area (Å²) in [6.45, 7) is 7.86. The number of benzene rings is 1. The van der Waals surface area contributed by atoms with Gasteiger partial charge in [0, 0.05) is 44.6 Å². The third kappa shape index (κ3) is 10.0. The van der Waals surface area contributed by atoms with E-state index in [4.69, 9.17) is 23.9 Å². The normalized spacial score (nSPS) is 10.9. The topological polar surface area (TPSA) is 86.2 Å². The molecule has 2 rings (SSSR count). The average Bonchev–Trinajstić information content (AvgIpc) is 2.78. The van der Waals surface area contributed by atoms with E-state index in [0.717, 1.165) is 29.0 Å². The highest BCUT2D eigenvalue weighted by Gasteiger charge is 2.08. The van der Waals surface area contributed by atoms with Crippen LogP contribution in [0.15, 0.2) is 41.5 Å². The summed E-state index contributed by atoms with van der Waals surface area (Å²) in [5.41, 5.74) is 3.11. The molecule has 1 aromatic carbocycles. The lowest BCUT2D eigenvalue weighted by Crippen LogP contribution is -2.36. The Morgan fingerprint density at radius 2 is 1.72 bits per heavy atom. The number of methoxy groups -OCH3 is 2. The van der Waals surface area contributed by atoms with Crippen molar-refractivity contribution in [3.63, 3.8) is 0 Å². The van der Waals surface area contributed by atoms with Gasteiger partial charge < -0.3 is 29.6 Å². The van der Waals surface area contributed by atoms with Crippen LogP contribution in [0.5, 0.6) is 11.6 Å². The summed E-state index contributed by atoms with van der Waals surface area (Å²) in [6.07, 6.45) is 1.71. The third-order valence-corrected chi connectivity index (χ3v) is 4.34. The molecule has 0 radical (unpaired) electrons. The van der Waals surface area contributed by atoms with Gasteiger partial charge in [0.05, 0.1) is 19.8 Å². The summed E-state index contributed by atoms with van der Waals surface area (Å²) in [4.78, 5) is 9.00. The first kappa shape index (κ1) is 27.9. The molecule has 2 N–H and O–H groups in total. The lowest BCUT2D eigenvalue weighted by molar-refractivity contribution is 0.143.